The zero-order valence-corrected chi connectivity index (χ0v) is 11.8. The van der Waals surface area contributed by atoms with Crippen molar-refractivity contribution in [2.45, 2.75) is 12.3 Å². The Morgan fingerprint density at radius 3 is 2.33 bits per heavy atom. The van der Waals surface area contributed by atoms with Gasteiger partial charge in [-0.2, -0.15) is 0 Å². The molecule has 1 N–H and O–H groups in total. The average molecular weight is 308 g/mol. The third-order valence-corrected chi connectivity index (χ3v) is 3.73. The molecule has 4 nitrogen and oxygen atoms in total. The number of sulfonamides is 1. The maximum atomic E-state index is 11.6. The van der Waals surface area contributed by atoms with Crippen molar-refractivity contribution in [3.05, 3.63) is 33.8 Å². The molecule has 0 aliphatic heterocycles. The molecule has 1 aromatic carbocycles. The Bertz CT molecular complexity index is 580. The van der Waals surface area contributed by atoms with Crippen molar-refractivity contribution in [3.63, 3.8) is 0 Å². The van der Waals surface area contributed by atoms with E-state index in [2.05, 4.69) is 0 Å². The Hall–Kier alpha value is -0.780. The molecule has 2 atom stereocenters. The molecule has 0 spiro atoms. The van der Waals surface area contributed by atoms with Gasteiger partial charge in [-0.05, 0) is 36.1 Å². The fourth-order valence-electron chi connectivity index (χ4n) is 1.90. The van der Waals surface area contributed by atoms with E-state index in [1.54, 1.807) is 18.2 Å². The summed E-state index contributed by atoms with van der Waals surface area (Å²) in [5, 5.41) is 1.01. The molecule has 0 unspecified atom stereocenters. The molecule has 0 bridgehead atoms. The number of rotatable bonds is 3. The molecule has 1 amide bonds. The summed E-state index contributed by atoms with van der Waals surface area (Å²) in [7, 11) is -3.50. The fourth-order valence-corrected chi connectivity index (χ4v) is 2.96. The Morgan fingerprint density at radius 1 is 1.28 bits per heavy atom. The molecule has 1 aliphatic carbocycles. The number of hydrogen-bond donors (Lipinski definition) is 1. The Kier molecular flexibility index (Phi) is 3.58. The molecule has 98 valence electrons. The van der Waals surface area contributed by atoms with Crippen LogP contribution in [0.1, 0.15) is 17.9 Å². The minimum atomic E-state index is -3.50. The van der Waals surface area contributed by atoms with E-state index in [0.29, 0.717) is 16.5 Å². The maximum absolute atomic E-state index is 11.6. The van der Waals surface area contributed by atoms with Crippen molar-refractivity contribution >= 4 is 39.1 Å². The van der Waals surface area contributed by atoms with Crippen LogP contribution in [-0.2, 0) is 14.8 Å². The van der Waals surface area contributed by atoms with Gasteiger partial charge in [-0.15, -0.1) is 0 Å². The second-order valence-corrected chi connectivity index (χ2v) is 7.01. The third-order valence-electron chi connectivity index (χ3n) is 2.73. The van der Waals surface area contributed by atoms with Gasteiger partial charge >= 0.3 is 0 Å². The van der Waals surface area contributed by atoms with Gasteiger partial charge in [0.2, 0.25) is 15.9 Å². The van der Waals surface area contributed by atoms with Crippen molar-refractivity contribution in [1.29, 1.82) is 0 Å². The van der Waals surface area contributed by atoms with E-state index in [-0.39, 0.29) is 11.8 Å². The lowest BCUT2D eigenvalue weighted by molar-refractivity contribution is -0.120. The molecule has 1 saturated carbocycles. The number of halogens is 2. The minimum absolute atomic E-state index is 0.0112. The summed E-state index contributed by atoms with van der Waals surface area (Å²) in [6, 6.07) is 5.10. The summed E-state index contributed by atoms with van der Waals surface area (Å²) in [5.74, 6) is -0.809. The Morgan fingerprint density at radius 2 is 1.83 bits per heavy atom. The van der Waals surface area contributed by atoms with Gasteiger partial charge in [0.15, 0.2) is 0 Å². The predicted molar refractivity (Wildman–Crippen MR) is 70.3 cm³/mol. The highest BCUT2D eigenvalue weighted by atomic mass is 35.5. The van der Waals surface area contributed by atoms with Crippen LogP contribution in [0.15, 0.2) is 18.2 Å². The van der Waals surface area contributed by atoms with Gasteiger partial charge in [0.25, 0.3) is 0 Å². The minimum Gasteiger partial charge on any atom is -0.274 e. The highest BCUT2D eigenvalue weighted by Gasteiger charge is 2.44. The van der Waals surface area contributed by atoms with Gasteiger partial charge in [-0.3, -0.25) is 9.52 Å². The van der Waals surface area contributed by atoms with E-state index in [4.69, 9.17) is 23.2 Å². The van der Waals surface area contributed by atoms with Crippen LogP contribution in [0.2, 0.25) is 10.0 Å². The molecule has 1 aromatic rings. The highest BCUT2D eigenvalue weighted by Crippen LogP contribution is 2.48. The van der Waals surface area contributed by atoms with E-state index in [9.17, 15) is 13.2 Å². The summed E-state index contributed by atoms with van der Waals surface area (Å²) in [4.78, 5) is 11.6. The quantitative estimate of drug-likeness (QED) is 0.931. The first-order valence-electron chi connectivity index (χ1n) is 5.24. The van der Waals surface area contributed by atoms with Crippen LogP contribution < -0.4 is 4.72 Å². The summed E-state index contributed by atoms with van der Waals surface area (Å²) in [6.45, 7) is 0. The molecule has 1 aliphatic rings. The fraction of sp³-hybridized carbons (Fsp3) is 0.364. The zero-order valence-electron chi connectivity index (χ0n) is 9.48. The first-order valence-corrected chi connectivity index (χ1v) is 7.88. The predicted octanol–water partition coefficient (Wildman–Crippen LogP) is 2.17. The van der Waals surface area contributed by atoms with Gasteiger partial charge in [0.05, 0.1) is 6.26 Å². The van der Waals surface area contributed by atoms with Crippen LogP contribution >= 0.6 is 23.2 Å². The lowest BCUT2D eigenvalue weighted by atomic mass is 10.1. The zero-order chi connectivity index (χ0) is 13.5. The lowest BCUT2D eigenvalue weighted by Gasteiger charge is -2.03. The SMILES string of the molecule is CS(=O)(=O)NC(=O)[C@@H]1C[C@H]1c1cc(Cl)cc(Cl)c1. The number of carbonyl (C=O) groups excluding carboxylic acids is 1. The molecular formula is C11H11Cl2NO3S. The normalized spacial score (nSPS) is 22.6. The van der Waals surface area contributed by atoms with Gasteiger partial charge < -0.3 is 0 Å². The van der Waals surface area contributed by atoms with Crippen LogP contribution in [-0.4, -0.2) is 20.6 Å². The van der Waals surface area contributed by atoms with Crippen LogP contribution in [0.25, 0.3) is 0 Å². The lowest BCUT2D eigenvalue weighted by Crippen LogP contribution is -2.30. The molecule has 7 heteroatoms. The largest absolute Gasteiger partial charge is 0.274 e. The summed E-state index contributed by atoms with van der Waals surface area (Å²) < 4.78 is 23.9. The topological polar surface area (TPSA) is 63.2 Å². The van der Waals surface area contributed by atoms with Gasteiger partial charge in [-0.25, -0.2) is 8.42 Å². The smallest absolute Gasteiger partial charge is 0.237 e. The van der Waals surface area contributed by atoms with E-state index < -0.39 is 15.9 Å². The van der Waals surface area contributed by atoms with Crippen molar-refractivity contribution in [3.8, 4) is 0 Å². The maximum Gasteiger partial charge on any atom is 0.237 e. The average Bonchev–Trinajstić information content (AvgIpc) is 2.91. The number of amides is 1. The molecule has 2 rings (SSSR count). The van der Waals surface area contributed by atoms with E-state index >= 15 is 0 Å². The first-order chi connectivity index (χ1) is 8.26. The molecule has 0 saturated heterocycles. The van der Waals surface area contributed by atoms with Gasteiger partial charge in [-0.1, -0.05) is 23.2 Å². The number of benzene rings is 1. The van der Waals surface area contributed by atoms with Crippen LogP contribution in [0.5, 0.6) is 0 Å². The van der Waals surface area contributed by atoms with E-state index in [1.165, 1.54) is 0 Å². The van der Waals surface area contributed by atoms with Gasteiger partial charge in [0, 0.05) is 16.0 Å². The standard InChI is InChI=1S/C11H11Cl2NO3S/c1-18(16,17)14-11(15)10-5-9(10)6-2-7(12)4-8(13)3-6/h2-4,9-10H,5H2,1H3,(H,14,15)/t9-,10+/m0/s1. The summed E-state index contributed by atoms with van der Waals surface area (Å²) in [5.41, 5.74) is 0.862. The first kappa shape index (κ1) is 13.6. The Balaban J connectivity index is 2.09. The number of hydrogen-bond acceptors (Lipinski definition) is 3. The number of nitrogens with one attached hydrogen (secondary N) is 1. The van der Waals surface area contributed by atoms with Crippen LogP contribution in [0, 0.1) is 5.92 Å². The van der Waals surface area contributed by atoms with Crippen molar-refractivity contribution in [2.75, 3.05) is 6.26 Å². The number of carbonyl (C=O) groups is 1. The van der Waals surface area contributed by atoms with Gasteiger partial charge in [0.1, 0.15) is 0 Å². The van der Waals surface area contributed by atoms with Crippen molar-refractivity contribution in [2.24, 2.45) is 5.92 Å². The highest BCUT2D eigenvalue weighted by molar-refractivity contribution is 7.89. The monoisotopic (exact) mass is 307 g/mol. The second kappa shape index (κ2) is 4.72. The molecule has 0 heterocycles. The summed E-state index contributed by atoms with van der Waals surface area (Å²) in [6.07, 6.45) is 1.57. The summed E-state index contributed by atoms with van der Waals surface area (Å²) >= 11 is 11.7. The van der Waals surface area contributed by atoms with Crippen molar-refractivity contribution < 1.29 is 13.2 Å². The van der Waals surface area contributed by atoms with E-state index in [0.717, 1.165) is 11.8 Å². The molecule has 0 aromatic heterocycles. The second-order valence-electron chi connectivity index (χ2n) is 4.39. The molecule has 18 heavy (non-hydrogen) atoms. The molecule has 1 fully saturated rings. The Labute approximate surface area is 115 Å². The van der Waals surface area contributed by atoms with E-state index in [1.807, 2.05) is 4.72 Å². The molecular weight excluding hydrogens is 297 g/mol. The molecule has 0 radical (unpaired) electrons. The third kappa shape index (κ3) is 3.37. The van der Waals surface area contributed by atoms with Crippen LogP contribution in [0.3, 0.4) is 0 Å². The van der Waals surface area contributed by atoms with Crippen LogP contribution in [0.4, 0.5) is 0 Å². The van der Waals surface area contributed by atoms with Crippen molar-refractivity contribution in [1.82, 2.24) is 4.72 Å².